The molecule has 2 heterocycles. The van der Waals surface area contributed by atoms with Gasteiger partial charge < -0.3 is 10.2 Å². The Bertz CT molecular complexity index is 940. The Morgan fingerprint density at radius 2 is 1.76 bits per heavy atom. The molecule has 2 nitrogen and oxygen atoms in total. The molecule has 0 aliphatic rings. The molecule has 104 valence electrons. The number of hydrogen-bond acceptors (Lipinski definition) is 3. The first kappa shape index (κ1) is 13.3. The number of rotatable bonds is 2. The van der Waals surface area contributed by atoms with Gasteiger partial charge in [-0.05, 0) is 63.4 Å². The van der Waals surface area contributed by atoms with E-state index in [2.05, 4.69) is 52.2 Å². The minimum absolute atomic E-state index is 0.0946. The third-order valence-corrected chi connectivity index (χ3v) is 5.51. The lowest BCUT2D eigenvalue weighted by molar-refractivity contribution is 0.668. The second-order valence-electron chi connectivity index (χ2n) is 5.02. The van der Waals surface area contributed by atoms with Crippen molar-refractivity contribution in [3.8, 4) is 0 Å². The molecule has 0 saturated heterocycles. The van der Waals surface area contributed by atoms with E-state index in [0.29, 0.717) is 0 Å². The van der Waals surface area contributed by atoms with Crippen LogP contribution in [-0.4, -0.2) is 0 Å². The van der Waals surface area contributed by atoms with Crippen LogP contribution in [0.2, 0.25) is 0 Å². The predicted octanol–water partition coefficient (Wildman–Crippen LogP) is 5.30. The highest BCUT2D eigenvalue weighted by atomic mass is 127. The summed E-state index contributed by atoms with van der Waals surface area (Å²) in [5.41, 5.74) is 10.5. The summed E-state index contributed by atoms with van der Waals surface area (Å²) in [5, 5.41) is 4.40. The van der Waals surface area contributed by atoms with Gasteiger partial charge in [0, 0.05) is 10.8 Å². The quantitative estimate of drug-likeness (QED) is 0.460. The van der Waals surface area contributed by atoms with Crippen LogP contribution in [0.25, 0.3) is 21.9 Å². The SMILES string of the molecule is NC(c1csc(I)c1)c1ccc2oc3ccccc3c2c1. The molecule has 1 unspecified atom stereocenters. The Balaban J connectivity index is 1.88. The third-order valence-electron chi connectivity index (χ3n) is 3.71. The summed E-state index contributed by atoms with van der Waals surface area (Å²) in [5.74, 6) is 0. The number of hydrogen-bond donors (Lipinski definition) is 1. The Morgan fingerprint density at radius 1 is 0.952 bits per heavy atom. The molecule has 0 amide bonds. The van der Waals surface area contributed by atoms with E-state index in [1.807, 2.05) is 24.3 Å². The summed E-state index contributed by atoms with van der Waals surface area (Å²) in [6.45, 7) is 0. The minimum atomic E-state index is -0.0946. The summed E-state index contributed by atoms with van der Waals surface area (Å²) < 4.78 is 7.11. The first-order valence-electron chi connectivity index (χ1n) is 6.63. The number of fused-ring (bicyclic) bond motifs is 3. The minimum Gasteiger partial charge on any atom is -0.456 e. The van der Waals surface area contributed by atoms with Crippen molar-refractivity contribution in [1.29, 1.82) is 0 Å². The highest BCUT2D eigenvalue weighted by Gasteiger charge is 2.13. The average molecular weight is 405 g/mol. The van der Waals surface area contributed by atoms with Crippen LogP contribution in [0.5, 0.6) is 0 Å². The molecule has 1 atom stereocenters. The second-order valence-corrected chi connectivity index (χ2v) is 7.82. The van der Waals surface area contributed by atoms with Gasteiger partial charge >= 0.3 is 0 Å². The molecule has 4 rings (SSSR count). The maximum atomic E-state index is 6.41. The van der Waals surface area contributed by atoms with Crippen molar-refractivity contribution >= 4 is 55.9 Å². The van der Waals surface area contributed by atoms with Crippen molar-refractivity contribution in [2.45, 2.75) is 6.04 Å². The average Bonchev–Trinajstić information content (AvgIpc) is 3.09. The van der Waals surface area contributed by atoms with Gasteiger partial charge in [-0.25, -0.2) is 0 Å². The number of thiophene rings is 1. The zero-order valence-electron chi connectivity index (χ0n) is 11.0. The molecule has 21 heavy (non-hydrogen) atoms. The predicted molar refractivity (Wildman–Crippen MR) is 96.8 cm³/mol. The number of furan rings is 1. The van der Waals surface area contributed by atoms with Crippen molar-refractivity contribution < 1.29 is 4.42 Å². The first-order chi connectivity index (χ1) is 10.2. The summed E-state index contributed by atoms with van der Waals surface area (Å²) >= 11 is 4.05. The van der Waals surface area contributed by atoms with E-state index < -0.39 is 0 Å². The maximum Gasteiger partial charge on any atom is 0.135 e. The van der Waals surface area contributed by atoms with Crippen LogP contribution in [-0.2, 0) is 0 Å². The molecule has 0 spiro atoms. The van der Waals surface area contributed by atoms with E-state index in [1.165, 1.54) is 2.88 Å². The topological polar surface area (TPSA) is 39.2 Å². The normalized spacial score (nSPS) is 13.0. The van der Waals surface area contributed by atoms with Crippen LogP contribution in [0.4, 0.5) is 0 Å². The molecule has 0 aliphatic carbocycles. The molecule has 4 aromatic rings. The smallest absolute Gasteiger partial charge is 0.135 e. The molecule has 0 fully saturated rings. The van der Waals surface area contributed by atoms with Gasteiger partial charge in [0.2, 0.25) is 0 Å². The summed E-state index contributed by atoms with van der Waals surface area (Å²) in [6.07, 6.45) is 0. The molecular formula is C17H12INOS. The lowest BCUT2D eigenvalue weighted by Crippen LogP contribution is -2.10. The van der Waals surface area contributed by atoms with Crippen LogP contribution >= 0.6 is 33.9 Å². The zero-order chi connectivity index (χ0) is 14.4. The highest BCUT2D eigenvalue weighted by Crippen LogP contribution is 2.32. The van der Waals surface area contributed by atoms with Crippen LogP contribution < -0.4 is 5.73 Å². The molecule has 0 radical (unpaired) electrons. The van der Waals surface area contributed by atoms with E-state index in [1.54, 1.807) is 11.3 Å². The first-order valence-corrected chi connectivity index (χ1v) is 8.59. The Labute approximate surface area is 139 Å². The molecule has 2 N–H and O–H groups in total. The summed E-state index contributed by atoms with van der Waals surface area (Å²) in [4.78, 5) is 0. The van der Waals surface area contributed by atoms with Crippen molar-refractivity contribution in [3.05, 3.63) is 67.9 Å². The molecule has 4 heteroatoms. The van der Waals surface area contributed by atoms with Crippen molar-refractivity contribution in [1.82, 2.24) is 0 Å². The van der Waals surface area contributed by atoms with E-state index in [-0.39, 0.29) is 6.04 Å². The maximum absolute atomic E-state index is 6.41. The van der Waals surface area contributed by atoms with Crippen molar-refractivity contribution in [2.24, 2.45) is 5.73 Å². The zero-order valence-corrected chi connectivity index (χ0v) is 14.0. The molecule has 2 aromatic carbocycles. The van der Waals surface area contributed by atoms with Gasteiger partial charge in [-0.2, -0.15) is 0 Å². The van der Waals surface area contributed by atoms with Crippen LogP contribution in [0.1, 0.15) is 17.2 Å². The molecule has 2 aromatic heterocycles. The lowest BCUT2D eigenvalue weighted by atomic mass is 10.00. The summed E-state index contributed by atoms with van der Waals surface area (Å²) in [6, 6.07) is 16.4. The molecule has 0 saturated carbocycles. The number of benzene rings is 2. The van der Waals surface area contributed by atoms with E-state index in [0.717, 1.165) is 33.1 Å². The Morgan fingerprint density at radius 3 is 2.57 bits per heavy atom. The van der Waals surface area contributed by atoms with E-state index in [9.17, 15) is 0 Å². The fourth-order valence-corrected chi connectivity index (χ4v) is 4.02. The number of para-hydroxylation sites is 1. The van der Waals surface area contributed by atoms with E-state index >= 15 is 0 Å². The second kappa shape index (κ2) is 5.12. The third kappa shape index (κ3) is 2.27. The molecule has 0 aliphatic heterocycles. The van der Waals surface area contributed by atoms with Gasteiger partial charge in [0.15, 0.2) is 0 Å². The monoisotopic (exact) mass is 405 g/mol. The standard InChI is InChI=1S/C17H12INOS/c18-16-8-11(9-21-16)17(19)10-5-6-15-13(7-10)12-3-1-2-4-14(12)20-15/h1-9,17H,19H2. The van der Waals surface area contributed by atoms with Gasteiger partial charge in [-0.1, -0.05) is 24.3 Å². The van der Waals surface area contributed by atoms with Crippen molar-refractivity contribution in [2.75, 3.05) is 0 Å². The van der Waals surface area contributed by atoms with Gasteiger partial charge in [-0.15, -0.1) is 11.3 Å². The van der Waals surface area contributed by atoms with E-state index in [4.69, 9.17) is 10.2 Å². The largest absolute Gasteiger partial charge is 0.456 e. The van der Waals surface area contributed by atoms with Gasteiger partial charge in [0.25, 0.3) is 0 Å². The fourth-order valence-electron chi connectivity index (χ4n) is 2.62. The van der Waals surface area contributed by atoms with Crippen LogP contribution in [0.15, 0.2) is 58.3 Å². The molecular weight excluding hydrogens is 393 g/mol. The number of halogens is 1. The van der Waals surface area contributed by atoms with Crippen LogP contribution in [0, 0.1) is 2.88 Å². The van der Waals surface area contributed by atoms with Gasteiger partial charge in [0.05, 0.1) is 8.93 Å². The Kier molecular flexibility index (Phi) is 3.24. The van der Waals surface area contributed by atoms with Gasteiger partial charge in [-0.3, -0.25) is 0 Å². The highest BCUT2D eigenvalue weighted by molar-refractivity contribution is 14.1. The fraction of sp³-hybridized carbons (Fsp3) is 0.0588. The molecule has 0 bridgehead atoms. The van der Waals surface area contributed by atoms with Gasteiger partial charge in [0.1, 0.15) is 11.2 Å². The van der Waals surface area contributed by atoms with Crippen LogP contribution in [0.3, 0.4) is 0 Å². The lowest BCUT2D eigenvalue weighted by Gasteiger charge is -2.10. The summed E-state index contributed by atoms with van der Waals surface area (Å²) in [7, 11) is 0. The van der Waals surface area contributed by atoms with Crippen molar-refractivity contribution in [3.63, 3.8) is 0 Å². The number of nitrogens with two attached hydrogens (primary N) is 1. The Hall–Kier alpha value is -1.37.